The first-order valence-electron chi connectivity index (χ1n) is 13.9. The third-order valence-electron chi connectivity index (χ3n) is 7.68. The van der Waals surface area contributed by atoms with Gasteiger partial charge in [0, 0.05) is 32.1 Å². The van der Waals surface area contributed by atoms with E-state index in [0.29, 0.717) is 56.3 Å². The monoisotopic (exact) mass is 594 g/mol. The topological polar surface area (TPSA) is 105 Å². The number of benzene rings is 2. The molecule has 0 radical (unpaired) electrons. The number of nitrogens with zero attached hydrogens (tertiary/aromatic N) is 1. The van der Waals surface area contributed by atoms with Gasteiger partial charge in [0.15, 0.2) is 6.10 Å². The molecule has 0 spiro atoms. The third-order valence-corrected chi connectivity index (χ3v) is 9.57. The quantitative estimate of drug-likeness (QED) is 0.310. The zero-order valence-corrected chi connectivity index (χ0v) is 25.5. The van der Waals surface area contributed by atoms with E-state index in [1.807, 2.05) is 55.5 Å². The van der Waals surface area contributed by atoms with Crippen molar-refractivity contribution >= 4 is 28.4 Å². The maximum atomic E-state index is 12.4. The highest BCUT2D eigenvalue weighted by Gasteiger charge is 2.57. The van der Waals surface area contributed by atoms with E-state index in [2.05, 4.69) is 26.1 Å². The van der Waals surface area contributed by atoms with Gasteiger partial charge in [-0.25, -0.2) is 17.5 Å². The normalized spacial score (nSPS) is 21.2. The van der Waals surface area contributed by atoms with Gasteiger partial charge in [0.1, 0.15) is 18.1 Å². The van der Waals surface area contributed by atoms with Crippen LogP contribution in [-0.4, -0.2) is 67.9 Å². The minimum Gasteiger partial charge on any atom is -0.492 e. The lowest BCUT2D eigenvalue weighted by Crippen LogP contribution is -2.37. The molecule has 1 aliphatic carbocycles. The number of aliphatic carboxylic acids is 1. The Morgan fingerprint density at radius 1 is 1.05 bits per heavy atom. The lowest BCUT2D eigenvalue weighted by Gasteiger charge is -2.20. The second kappa shape index (κ2) is 13.6. The molecule has 2 N–H and O–H groups in total. The van der Waals surface area contributed by atoms with Crippen molar-refractivity contribution in [3.63, 3.8) is 0 Å². The molecule has 0 unspecified atom stereocenters. The second-order valence-corrected chi connectivity index (χ2v) is 13.8. The van der Waals surface area contributed by atoms with Gasteiger partial charge in [-0.3, -0.25) is 0 Å². The fraction of sp³-hybridized carbons (Fsp3) is 0.567. The van der Waals surface area contributed by atoms with Gasteiger partial charge in [-0.1, -0.05) is 58.4 Å². The molecule has 2 aromatic carbocycles. The number of carboxylic acids is 1. The number of ether oxygens (including phenoxy) is 2. The standard InChI is InChI=1S/C30H42N2O6S.ClH/c1-5-6-17-39(35,36)32-19-25-26(20-32)28(25)31-15-16-37-23-11-7-21(8-12-23)18-27(29(33)34)38-24-13-9-22(10-14-24)30(2,3)4;/h7-14,25-28,31H,5-6,15-20H2,1-4H3,(H,33,34);1H/t25-,26+,27-,28+;/m0./s1. The van der Waals surface area contributed by atoms with Crippen LogP contribution in [0.25, 0.3) is 0 Å². The van der Waals surface area contributed by atoms with Crippen LogP contribution in [0.15, 0.2) is 48.5 Å². The number of nitrogens with one attached hydrogen (secondary N) is 1. The van der Waals surface area contributed by atoms with Crippen molar-refractivity contribution in [2.45, 2.75) is 64.5 Å². The van der Waals surface area contributed by atoms with Gasteiger partial charge < -0.3 is 19.9 Å². The molecule has 2 aromatic rings. The average Bonchev–Trinajstić information content (AvgIpc) is 3.32. The molecule has 2 fully saturated rings. The molecule has 4 rings (SSSR count). The van der Waals surface area contributed by atoms with E-state index in [4.69, 9.17) is 9.47 Å². The van der Waals surface area contributed by atoms with Crippen LogP contribution in [0.4, 0.5) is 0 Å². The average molecular weight is 595 g/mol. The molecule has 1 heterocycles. The van der Waals surface area contributed by atoms with Crippen LogP contribution < -0.4 is 14.8 Å². The van der Waals surface area contributed by atoms with E-state index >= 15 is 0 Å². The van der Waals surface area contributed by atoms with E-state index < -0.39 is 22.1 Å². The summed E-state index contributed by atoms with van der Waals surface area (Å²) in [6.07, 6.45) is 0.858. The maximum Gasteiger partial charge on any atom is 0.345 e. The van der Waals surface area contributed by atoms with Crippen LogP contribution in [0.1, 0.15) is 51.7 Å². The number of fused-ring (bicyclic) bond motifs is 1. The first kappa shape index (κ1) is 32.2. The zero-order chi connectivity index (χ0) is 28.2. The fourth-order valence-corrected chi connectivity index (χ4v) is 6.89. The Labute approximate surface area is 244 Å². The largest absolute Gasteiger partial charge is 0.492 e. The van der Waals surface area contributed by atoms with Crippen molar-refractivity contribution in [1.29, 1.82) is 0 Å². The molecular weight excluding hydrogens is 552 g/mol. The highest BCUT2D eigenvalue weighted by atomic mass is 35.5. The van der Waals surface area contributed by atoms with E-state index in [9.17, 15) is 18.3 Å². The first-order chi connectivity index (χ1) is 18.5. The summed E-state index contributed by atoms with van der Waals surface area (Å²) in [5.74, 6) is 1.31. The molecule has 40 heavy (non-hydrogen) atoms. The third kappa shape index (κ3) is 8.35. The van der Waals surface area contributed by atoms with E-state index in [1.54, 1.807) is 4.31 Å². The Bertz CT molecular complexity index is 1200. The summed E-state index contributed by atoms with van der Waals surface area (Å²) in [6, 6.07) is 15.4. The number of hydrogen-bond donors (Lipinski definition) is 2. The molecule has 222 valence electrons. The SMILES string of the molecule is CCCCS(=O)(=O)N1C[C@@H]2[C@H](C1)[C@H]2NCCOc1ccc(C[C@H](Oc2ccc(C(C)(C)C)cc2)C(=O)O)cc1.Cl. The van der Waals surface area contributed by atoms with Gasteiger partial charge in [0.25, 0.3) is 0 Å². The van der Waals surface area contributed by atoms with Gasteiger partial charge >= 0.3 is 5.97 Å². The number of carboxylic acid groups (broad SMARTS) is 1. The highest BCUT2D eigenvalue weighted by Crippen LogP contribution is 2.46. The van der Waals surface area contributed by atoms with E-state index in [-0.39, 0.29) is 30.0 Å². The zero-order valence-electron chi connectivity index (χ0n) is 23.8. The Morgan fingerprint density at radius 3 is 2.20 bits per heavy atom. The molecule has 0 amide bonds. The number of carbonyl (C=O) groups is 1. The number of unbranched alkanes of at least 4 members (excludes halogenated alkanes) is 1. The summed E-state index contributed by atoms with van der Waals surface area (Å²) in [4.78, 5) is 11.8. The van der Waals surface area contributed by atoms with Crippen molar-refractivity contribution in [3.05, 3.63) is 59.7 Å². The molecule has 4 atom stereocenters. The van der Waals surface area contributed by atoms with Gasteiger partial charge in [0.2, 0.25) is 10.0 Å². The molecule has 0 aromatic heterocycles. The van der Waals surface area contributed by atoms with Crippen LogP contribution in [0.5, 0.6) is 11.5 Å². The number of rotatable bonds is 14. The van der Waals surface area contributed by atoms with Crippen LogP contribution in [0, 0.1) is 11.8 Å². The summed E-state index contributed by atoms with van der Waals surface area (Å²) in [5, 5.41) is 13.2. The maximum absolute atomic E-state index is 12.4. The van der Waals surface area contributed by atoms with Crippen molar-refractivity contribution < 1.29 is 27.8 Å². The lowest BCUT2D eigenvalue weighted by molar-refractivity contribution is -0.145. The first-order valence-corrected chi connectivity index (χ1v) is 15.5. The summed E-state index contributed by atoms with van der Waals surface area (Å²) in [5.41, 5.74) is 2.03. The predicted octanol–water partition coefficient (Wildman–Crippen LogP) is 4.51. The number of hydrogen-bond acceptors (Lipinski definition) is 6. The van der Waals surface area contributed by atoms with Crippen LogP contribution >= 0.6 is 12.4 Å². The van der Waals surface area contributed by atoms with Crippen LogP contribution in [-0.2, 0) is 26.7 Å². The molecule has 1 saturated heterocycles. The summed E-state index contributed by atoms with van der Waals surface area (Å²) >= 11 is 0. The molecular formula is C30H43ClN2O6S. The fourth-order valence-electron chi connectivity index (χ4n) is 5.18. The summed E-state index contributed by atoms with van der Waals surface area (Å²) in [6.45, 7) is 10.8. The Kier molecular flexibility index (Phi) is 10.9. The van der Waals surface area contributed by atoms with Crippen LogP contribution in [0.3, 0.4) is 0 Å². The smallest absolute Gasteiger partial charge is 0.345 e. The Balaban J connectivity index is 0.00000441. The van der Waals surface area contributed by atoms with E-state index in [0.717, 1.165) is 23.3 Å². The van der Waals surface area contributed by atoms with Crippen LogP contribution in [0.2, 0.25) is 0 Å². The highest BCUT2D eigenvalue weighted by molar-refractivity contribution is 7.89. The van der Waals surface area contributed by atoms with E-state index in [1.165, 1.54) is 0 Å². The van der Waals surface area contributed by atoms with Crippen molar-refractivity contribution in [2.24, 2.45) is 11.8 Å². The van der Waals surface area contributed by atoms with Crippen molar-refractivity contribution in [1.82, 2.24) is 9.62 Å². The number of halogens is 1. The predicted molar refractivity (Wildman–Crippen MR) is 159 cm³/mol. The van der Waals surface area contributed by atoms with Gasteiger partial charge in [-0.15, -0.1) is 12.4 Å². The Morgan fingerprint density at radius 2 is 1.65 bits per heavy atom. The minimum atomic E-state index is -3.11. The van der Waals surface area contributed by atoms with Gasteiger partial charge in [0.05, 0.1) is 5.75 Å². The molecule has 0 bridgehead atoms. The minimum absolute atomic E-state index is 0. The van der Waals surface area contributed by atoms with Gasteiger partial charge in [-0.05, 0) is 59.1 Å². The van der Waals surface area contributed by atoms with Gasteiger partial charge in [-0.2, -0.15) is 0 Å². The second-order valence-electron chi connectivity index (χ2n) is 11.7. The summed E-state index contributed by atoms with van der Waals surface area (Å²) in [7, 11) is -3.11. The molecule has 1 aliphatic heterocycles. The molecule has 2 aliphatic rings. The lowest BCUT2D eigenvalue weighted by atomic mass is 9.87. The van der Waals surface area contributed by atoms with Crippen molar-refractivity contribution in [2.75, 3.05) is 32.0 Å². The number of piperidine rings is 1. The summed E-state index contributed by atoms with van der Waals surface area (Å²) < 4.78 is 38.0. The number of sulfonamides is 1. The molecule has 10 heteroatoms. The Hall–Kier alpha value is -2.33. The molecule has 8 nitrogen and oxygen atoms in total. The van der Waals surface area contributed by atoms with Crippen molar-refractivity contribution in [3.8, 4) is 11.5 Å². The molecule has 1 saturated carbocycles.